The molecule has 0 unspecified atom stereocenters. The number of carbonyl (C=O) groups excluding carboxylic acids is 1. The fraction of sp³-hybridized carbons (Fsp3) is 0.533. The third kappa shape index (κ3) is 4.01. The van der Waals surface area contributed by atoms with Gasteiger partial charge in [-0.2, -0.15) is 0 Å². The van der Waals surface area contributed by atoms with Crippen molar-refractivity contribution in [3.05, 3.63) is 23.8 Å². The molecule has 0 aliphatic carbocycles. The summed E-state index contributed by atoms with van der Waals surface area (Å²) in [6.07, 6.45) is 0.752. The average molecular weight is 341 g/mol. The maximum Gasteiger partial charge on any atom is 0.253 e. The molecule has 1 aliphatic rings. The second-order valence-corrected chi connectivity index (χ2v) is 7.62. The van der Waals surface area contributed by atoms with Crippen LogP contribution in [0.1, 0.15) is 30.6 Å². The Kier molecular flexibility index (Phi) is 5.28. The molecule has 1 aliphatic heterocycles. The van der Waals surface area contributed by atoms with Gasteiger partial charge in [0.2, 0.25) is 10.0 Å². The summed E-state index contributed by atoms with van der Waals surface area (Å²) in [5.41, 5.74) is 6.13. The smallest absolute Gasteiger partial charge is 0.253 e. The lowest BCUT2D eigenvalue weighted by atomic mass is 10.2. The topological polar surface area (TPSA) is 102 Å². The van der Waals surface area contributed by atoms with Crippen molar-refractivity contribution in [3.63, 3.8) is 0 Å². The van der Waals surface area contributed by atoms with Crippen molar-refractivity contribution in [1.82, 2.24) is 9.62 Å². The molecule has 1 heterocycles. The number of methoxy groups -OCH3 is 1. The highest BCUT2D eigenvalue weighted by Gasteiger charge is 2.27. The molecule has 8 heteroatoms. The van der Waals surface area contributed by atoms with Gasteiger partial charge >= 0.3 is 0 Å². The fourth-order valence-electron chi connectivity index (χ4n) is 2.55. The zero-order chi connectivity index (χ0) is 17.2. The summed E-state index contributed by atoms with van der Waals surface area (Å²) < 4.78 is 32.5. The molecule has 128 valence electrons. The Bertz CT molecular complexity index is 688. The maximum atomic E-state index is 12.5. The third-order valence-electron chi connectivity index (χ3n) is 3.60. The minimum absolute atomic E-state index is 0.0250. The summed E-state index contributed by atoms with van der Waals surface area (Å²) in [5.74, 6) is -0.0191. The lowest BCUT2D eigenvalue weighted by Crippen LogP contribution is -2.33. The molecule has 2 rings (SSSR count). The van der Waals surface area contributed by atoms with Crippen molar-refractivity contribution in [3.8, 4) is 5.75 Å². The van der Waals surface area contributed by atoms with Gasteiger partial charge in [-0.1, -0.05) is 0 Å². The average Bonchev–Trinajstić information content (AvgIpc) is 2.91. The lowest BCUT2D eigenvalue weighted by molar-refractivity contribution is 0.0790. The van der Waals surface area contributed by atoms with Gasteiger partial charge in [0.1, 0.15) is 10.6 Å². The molecule has 1 aromatic carbocycles. The summed E-state index contributed by atoms with van der Waals surface area (Å²) >= 11 is 0. The van der Waals surface area contributed by atoms with E-state index in [2.05, 4.69) is 4.72 Å². The van der Waals surface area contributed by atoms with Crippen molar-refractivity contribution < 1.29 is 17.9 Å². The molecule has 1 atom stereocenters. The number of nitrogens with zero attached hydrogens (tertiary/aromatic N) is 1. The standard InChI is InChI=1S/C15H23N3O4S/c1-10(2)17-23(20,21)14-8-11(4-5-13(14)22-3)15(19)18-7-6-12(16)9-18/h4-5,8,10,12,17H,6-7,9,16H2,1-3H3/t12-/m1/s1. The van der Waals surface area contributed by atoms with Crippen molar-refractivity contribution in [2.24, 2.45) is 5.73 Å². The van der Waals surface area contributed by atoms with Gasteiger partial charge in [0.05, 0.1) is 7.11 Å². The van der Waals surface area contributed by atoms with Gasteiger partial charge in [-0.15, -0.1) is 0 Å². The zero-order valence-corrected chi connectivity index (χ0v) is 14.4. The first-order valence-corrected chi connectivity index (χ1v) is 8.98. The predicted molar refractivity (Wildman–Crippen MR) is 86.9 cm³/mol. The van der Waals surface area contributed by atoms with Crippen LogP contribution in [0.25, 0.3) is 0 Å². The van der Waals surface area contributed by atoms with Crippen LogP contribution in [-0.2, 0) is 10.0 Å². The second kappa shape index (κ2) is 6.86. The van der Waals surface area contributed by atoms with Crippen LogP contribution < -0.4 is 15.2 Å². The van der Waals surface area contributed by atoms with Crippen molar-refractivity contribution in [2.75, 3.05) is 20.2 Å². The first kappa shape index (κ1) is 17.7. The number of hydrogen-bond acceptors (Lipinski definition) is 5. The van der Waals surface area contributed by atoms with Crippen LogP contribution in [-0.4, -0.2) is 51.5 Å². The van der Waals surface area contributed by atoms with Crippen molar-refractivity contribution in [1.29, 1.82) is 0 Å². The third-order valence-corrected chi connectivity index (χ3v) is 5.28. The maximum absolute atomic E-state index is 12.5. The molecule has 0 bridgehead atoms. The van der Waals surface area contributed by atoms with Crippen molar-refractivity contribution >= 4 is 15.9 Å². The van der Waals surface area contributed by atoms with E-state index in [1.54, 1.807) is 24.8 Å². The molecule has 3 N–H and O–H groups in total. The molecule has 0 aromatic heterocycles. The number of rotatable bonds is 5. The number of nitrogens with one attached hydrogen (secondary N) is 1. The van der Waals surface area contributed by atoms with Crippen LogP contribution in [0.4, 0.5) is 0 Å². The Hall–Kier alpha value is -1.64. The highest BCUT2D eigenvalue weighted by molar-refractivity contribution is 7.89. The van der Waals surface area contributed by atoms with Gasteiger partial charge in [-0.05, 0) is 38.5 Å². The van der Waals surface area contributed by atoms with E-state index in [0.29, 0.717) is 18.7 Å². The molecule has 23 heavy (non-hydrogen) atoms. The number of likely N-dealkylation sites (tertiary alicyclic amines) is 1. The van der Waals surface area contributed by atoms with Crippen LogP contribution >= 0.6 is 0 Å². The summed E-state index contributed by atoms with van der Waals surface area (Å²) in [6, 6.07) is 4.14. The number of amides is 1. The SMILES string of the molecule is COc1ccc(C(=O)N2CC[C@@H](N)C2)cc1S(=O)(=O)NC(C)C. The van der Waals surface area contributed by atoms with E-state index in [4.69, 9.17) is 10.5 Å². The van der Waals surface area contributed by atoms with Crippen LogP contribution in [0.2, 0.25) is 0 Å². The largest absolute Gasteiger partial charge is 0.495 e. The molecular formula is C15H23N3O4S. The van der Waals surface area contributed by atoms with Crippen LogP contribution in [0.5, 0.6) is 5.75 Å². The summed E-state index contributed by atoms with van der Waals surface area (Å²) in [6.45, 7) is 4.52. The monoisotopic (exact) mass is 341 g/mol. The molecule has 7 nitrogen and oxygen atoms in total. The van der Waals surface area contributed by atoms with E-state index in [-0.39, 0.29) is 28.6 Å². The van der Waals surface area contributed by atoms with Crippen LogP contribution in [0.3, 0.4) is 0 Å². The quantitative estimate of drug-likeness (QED) is 0.814. The first-order valence-electron chi connectivity index (χ1n) is 7.50. The van der Waals surface area contributed by atoms with E-state index >= 15 is 0 Å². The van der Waals surface area contributed by atoms with Gasteiger partial charge in [-0.25, -0.2) is 13.1 Å². The van der Waals surface area contributed by atoms with Crippen LogP contribution in [0.15, 0.2) is 23.1 Å². The van der Waals surface area contributed by atoms with Gasteiger partial charge in [0.25, 0.3) is 5.91 Å². The number of nitrogens with two attached hydrogens (primary N) is 1. The van der Waals surface area contributed by atoms with Gasteiger partial charge in [0, 0.05) is 30.7 Å². The fourth-order valence-corrected chi connectivity index (χ4v) is 3.99. The summed E-state index contributed by atoms with van der Waals surface area (Å²) in [5, 5.41) is 0. The number of sulfonamides is 1. The molecule has 1 fully saturated rings. The number of ether oxygens (including phenoxy) is 1. The Morgan fingerprint density at radius 3 is 2.65 bits per heavy atom. The first-order chi connectivity index (χ1) is 10.7. The van der Waals surface area contributed by atoms with E-state index < -0.39 is 10.0 Å². The Morgan fingerprint density at radius 2 is 2.13 bits per heavy atom. The molecule has 0 saturated carbocycles. The van der Waals surface area contributed by atoms with Gasteiger partial charge in [-0.3, -0.25) is 4.79 Å². The van der Waals surface area contributed by atoms with Crippen molar-refractivity contribution in [2.45, 2.75) is 37.2 Å². The van der Waals surface area contributed by atoms with E-state index in [0.717, 1.165) is 6.42 Å². The van der Waals surface area contributed by atoms with E-state index in [9.17, 15) is 13.2 Å². The van der Waals surface area contributed by atoms with Crippen LogP contribution in [0, 0.1) is 0 Å². The van der Waals surface area contributed by atoms with Gasteiger partial charge < -0.3 is 15.4 Å². The lowest BCUT2D eigenvalue weighted by Gasteiger charge is -2.18. The Balaban J connectivity index is 2.37. The highest BCUT2D eigenvalue weighted by atomic mass is 32.2. The highest BCUT2D eigenvalue weighted by Crippen LogP contribution is 2.26. The normalized spacial score (nSPS) is 18.5. The Morgan fingerprint density at radius 1 is 1.43 bits per heavy atom. The Labute approximate surface area is 136 Å². The summed E-state index contributed by atoms with van der Waals surface area (Å²) in [4.78, 5) is 14.1. The molecule has 1 saturated heterocycles. The molecule has 0 spiro atoms. The van der Waals surface area contributed by atoms with E-state index in [1.165, 1.54) is 19.2 Å². The second-order valence-electron chi connectivity index (χ2n) is 5.94. The van der Waals surface area contributed by atoms with E-state index in [1.807, 2.05) is 0 Å². The zero-order valence-electron chi connectivity index (χ0n) is 13.6. The summed E-state index contributed by atoms with van der Waals surface area (Å²) in [7, 11) is -2.37. The molecule has 1 amide bonds. The number of benzene rings is 1. The molecule has 1 aromatic rings. The number of carbonyl (C=O) groups is 1. The minimum Gasteiger partial charge on any atom is -0.495 e. The number of hydrogen-bond donors (Lipinski definition) is 2. The molecule has 0 radical (unpaired) electrons. The minimum atomic E-state index is -3.76. The van der Waals surface area contributed by atoms with Gasteiger partial charge in [0.15, 0.2) is 0 Å². The molecular weight excluding hydrogens is 318 g/mol. The predicted octanol–water partition coefficient (Wildman–Crippen LogP) is 0.555.